The first-order chi connectivity index (χ1) is 11.8. The third-order valence-electron chi connectivity index (χ3n) is 3.89. The monoisotopic (exact) mass is 328 g/mol. The van der Waals surface area contributed by atoms with Gasteiger partial charge in [-0.2, -0.15) is 4.98 Å². The summed E-state index contributed by atoms with van der Waals surface area (Å²) in [6.07, 6.45) is 2.66. The number of aromatic nitrogens is 2. The van der Waals surface area contributed by atoms with Crippen molar-refractivity contribution in [1.29, 1.82) is 0 Å². The second-order valence-corrected chi connectivity index (χ2v) is 5.72. The molecule has 0 saturated carbocycles. The molecular weight excluding hydrogens is 304 g/mol. The number of benzene rings is 1. The lowest BCUT2D eigenvalue weighted by atomic mass is 10.3. The highest BCUT2D eigenvalue weighted by molar-refractivity contribution is 5.68. The number of rotatable bonds is 7. The molecule has 1 aromatic carbocycles. The predicted molar refractivity (Wildman–Crippen MR) is 96.5 cm³/mol. The van der Waals surface area contributed by atoms with Crippen molar-refractivity contribution in [3.8, 4) is 0 Å². The van der Waals surface area contributed by atoms with Crippen molar-refractivity contribution in [2.45, 2.75) is 6.42 Å². The highest BCUT2D eigenvalue weighted by atomic mass is 16.5. The average molecular weight is 328 g/mol. The molecule has 1 saturated heterocycles. The fraction of sp³-hybridized carbons (Fsp3) is 0.412. The molecule has 0 amide bonds. The van der Waals surface area contributed by atoms with Gasteiger partial charge in [0.15, 0.2) is 5.82 Å². The van der Waals surface area contributed by atoms with E-state index >= 15 is 0 Å². The van der Waals surface area contributed by atoms with Gasteiger partial charge in [0.2, 0.25) is 5.95 Å². The Bertz CT molecular complexity index is 630. The van der Waals surface area contributed by atoms with Crippen molar-refractivity contribution in [3.63, 3.8) is 0 Å². The second-order valence-electron chi connectivity index (χ2n) is 5.72. The van der Waals surface area contributed by atoms with Crippen LogP contribution in [0.15, 0.2) is 36.5 Å². The first-order valence-electron chi connectivity index (χ1n) is 8.30. The van der Waals surface area contributed by atoms with E-state index in [-0.39, 0.29) is 0 Å². The zero-order chi connectivity index (χ0) is 16.6. The number of anilines is 4. The second kappa shape index (κ2) is 8.47. The summed E-state index contributed by atoms with van der Waals surface area (Å²) in [7, 11) is 0. The summed E-state index contributed by atoms with van der Waals surface area (Å²) in [5.41, 5.74) is 7.43. The normalized spacial score (nSPS) is 15.2. The molecule has 24 heavy (non-hydrogen) atoms. The van der Waals surface area contributed by atoms with E-state index in [1.165, 1.54) is 0 Å². The molecule has 0 unspecified atom stereocenters. The predicted octanol–water partition coefficient (Wildman–Crippen LogP) is 1.94. The molecule has 1 aromatic heterocycles. The van der Waals surface area contributed by atoms with Gasteiger partial charge in [-0.25, -0.2) is 4.98 Å². The number of nitrogens with zero attached hydrogens (tertiary/aromatic N) is 3. The lowest BCUT2D eigenvalue weighted by Crippen LogP contribution is -2.37. The number of para-hydroxylation sites is 1. The minimum absolute atomic E-state index is 0.526. The molecule has 1 aliphatic rings. The first-order valence-corrected chi connectivity index (χ1v) is 8.30. The Labute approximate surface area is 142 Å². The standard InChI is InChI=1S/C17H24N6O/c18-15-13-20-17(19-7-4-8-23-9-11-24-12-10-23)22-16(15)21-14-5-2-1-3-6-14/h1-3,5-6,13H,4,7-12,18H2,(H2,19,20,21,22). The summed E-state index contributed by atoms with van der Waals surface area (Å²) in [5, 5.41) is 6.48. The number of nitrogen functional groups attached to an aromatic ring is 1. The van der Waals surface area contributed by atoms with Gasteiger partial charge >= 0.3 is 0 Å². The third kappa shape index (κ3) is 4.81. The third-order valence-corrected chi connectivity index (χ3v) is 3.89. The number of morpholine rings is 1. The van der Waals surface area contributed by atoms with Crippen molar-refractivity contribution < 1.29 is 4.74 Å². The number of ether oxygens (including phenoxy) is 1. The van der Waals surface area contributed by atoms with Gasteiger partial charge in [0, 0.05) is 25.3 Å². The largest absolute Gasteiger partial charge is 0.394 e. The molecular formula is C17H24N6O. The Morgan fingerprint density at radius 2 is 1.96 bits per heavy atom. The fourth-order valence-corrected chi connectivity index (χ4v) is 2.56. The zero-order valence-electron chi connectivity index (χ0n) is 13.7. The fourth-order valence-electron chi connectivity index (χ4n) is 2.56. The van der Waals surface area contributed by atoms with Crippen LogP contribution in [0.4, 0.5) is 23.1 Å². The quantitative estimate of drug-likeness (QED) is 0.669. The summed E-state index contributed by atoms with van der Waals surface area (Å²) < 4.78 is 5.35. The van der Waals surface area contributed by atoms with E-state index in [1.54, 1.807) is 6.20 Å². The Morgan fingerprint density at radius 3 is 2.75 bits per heavy atom. The zero-order valence-corrected chi connectivity index (χ0v) is 13.7. The van der Waals surface area contributed by atoms with E-state index in [0.29, 0.717) is 17.5 Å². The van der Waals surface area contributed by atoms with Crippen LogP contribution in [0.2, 0.25) is 0 Å². The number of nitrogens with two attached hydrogens (primary N) is 1. The van der Waals surface area contributed by atoms with Gasteiger partial charge < -0.3 is 21.1 Å². The van der Waals surface area contributed by atoms with Gasteiger partial charge in [-0.1, -0.05) is 18.2 Å². The first kappa shape index (κ1) is 16.5. The molecule has 0 aliphatic carbocycles. The maximum atomic E-state index is 5.96. The Kier molecular flexibility index (Phi) is 5.81. The molecule has 7 heteroatoms. The molecule has 4 N–H and O–H groups in total. The van der Waals surface area contributed by atoms with Crippen molar-refractivity contribution in [2.75, 3.05) is 55.8 Å². The van der Waals surface area contributed by atoms with E-state index in [2.05, 4.69) is 25.5 Å². The van der Waals surface area contributed by atoms with Crippen LogP contribution in [0.1, 0.15) is 6.42 Å². The minimum atomic E-state index is 0.526. The van der Waals surface area contributed by atoms with Crippen LogP contribution in [0.3, 0.4) is 0 Å². The van der Waals surface area contributed by atoms with Crippen LogP contribution < -0.4 is 16.4 Å². The van der Waals surface area contributed by atoms with E-state index in [0.717, 1.165) is 51.5 Å². The molecule has 7 nitrogen and oxygen atoms in total. The van der Waals surface area contributed by atoms with Crippen LogP contribution in [0.25, 0.3) is 0 Å². The molecule has 2 heterocycles. The van der Waals surface area contributed by atoms with Crippen molar-refractivity contribution in [1.82, 2.24) is 14.9 Å². The molecule has 1 aliphatic heterocycles. The molecule has 0 bridgehead atoms. The minimum Gasteiger partial charge on any atom is -0.394 e. The van der Waals surface area contributed by atoms with Gasteiger partial charge in [0.25, 0.3) is 0 Å². The molecule has 1 fully saturated rings. The van der Waals surface area contributed by atoms with Crippen molar-refractivity contribution in [3.05, 3.63) is 36.5 Å². The van der Waals surface area contributed by atoms with Gasteiger partial charge in [0.1, 0.15) is 0 Å². The Hall–Kier alpha value is -2.38. The van der Waals surface area contributed by atoms with Crippen molar-refractivity contribution in [2.24, 2.45) is 0 Å². The summed E-state index contributed by atoms with van der Waals surface area (Å²) in [5.74, 6) is 1.21. The van der Waals surface area contributed by atoms with Crippen LogP contribution in [-0.4, -0.2) is 54.3 Å². The lowest BCUT2D eigenvalue weighted by Gasteiger charge is -2.26. The smallest absolute Gasteiger partial charge is 0.224 e. The van der Waals surface area contributed by atoms with Gasteiger partial charge in [-0.15, -0.1) is 0 Å². The summed E-state index contributed by atoms with van der Waals surface area (Å²) in [6, 6.07) is 9.83. The van der Waals surface area contributed by atoms with Crippen LogP contribution in [0.5, 0.6) is 0 Å². The molecule has 3 rings (SSSR count). The van der Waals surface area contributed by atoms with Gasteiger partial charge in [0.05, 0.1) is 25.1 Å². The maximum absolute atomic E-state index is 5.96. The lowest BCUT2D eigenvalue weighted by molar-refractivity contribution is 0.0378. The Balaban J connectivity index is 1.49. The number of hydrogen-bond donors (Lipinski definition) is 3. The van der Waals surface area contributed by atoms with Crippen LogP contribution >= 0.6 is 0 Å². The molecule has 0 radical (unpaired) electrons. The highest BCUT2D eigenvalue weighted by Crippen LogP contribution is 2.20. The summed E-state index contributed by atoms with van der Waals surface area (Å²) in [4.78, 5) is 11.1. The summed E-state index contributed by atoms with van der Waals surface area (Å²) >= 11 is 0. The molecule has 128 valence electrons. The number of nitrogens with one attached hydrogen (secondary N) is 2. The molecule has 2 aromatic rings. The van der Waals surface area contributed by atoms with E-state index in [9.17, 15) is 0 Å². The van der Waals surface area contributed by atoms with Crippen LogP contribution in [-0.2, 0) is 4.74 Å². The molecule has 0 spiro atoms. The maximum Gasteiger partial charge on any atom is 0.224 e. The highest BCUT2D eigenvalue weighted by Gasteiger charge is 2.09. The Morgan fingerprint density at radius 1 is 1.17 bits per heavy atom. The average Bonchev–Trinajstić information content (AvgIpc) is 2.63. The van der Waals surface area contributed by atoms with E-state index in [4.69, 9.17) is 10.5 Å². The van der Waals surface area contributed by atoms with Crippen molar-refractivity contribution >= 4 is 23.1 Å². The number of hydrogen-bond acceptors (Lipinski definition) is 7. The van der Waals surface area contributed by atoms with E-state index in [1.807, 2.05) is 30.3 Å². The topological polar surface area (TPSA) is 88.3 Å². The van der Waals surface area contributed by atoms with E-state index < -0.39 is 0 Å². The summed E-state index contributed by atoms with van der Waals surface area (Å²) in [6.45, 7) is 5.59. The molecule has 0 atom stereocenters. The SMILES string of the molecule is Nc1cnc(NCCCN2CCOCC2)nc1Nc1ccccc1. The van der Waals surface area contributed by atoms with Crippen LogP contribution in [0, 0.1) is 0 Å². The van der Waals surface area contributed by atoms with Gasteiger partial charge in [-0.3, -0.25) is 4.90 Å². The van der Waals surface area contributed by atoms with Gasteiger partial charge in [-0.05, 0) is 25.1 Å².